The lowest BCUT2D eigenvalue weighted by atomic mass is 10.1. The Morgan fingerprint density at radius 1 is 1.17 bits per heavy atom. The predicted octanol–water partition coefficient (Wildman–Crippen LogP) is 2.09. The first kappa shape index (κ1) is 11.2. The molecule has 2 aromatic heterocycles. The van der Waals surface area contributed by atoms with E-state index >= 15 is 0 Å². The predicted molar refractivity (Wildman–Crippen MR) is 57.4 cm³/mol. The third kappa shape index (κ3) is 1.76. The molecular weight excluding hydrogens is 245 g/mol. The maximum Gasteiger partial charge on any atom is 0.433 e. The minimum atomic E-state index is -4.46. The van der Waals surface area contributed by atoms with Gasteiger partial charge in [-0.25, -0.2) is 9.97 Å². The fraction of sp³-hybridized carbons (Fsp3) is 0.273. The zero-order valence-electron chi connectivity index (χ0n) is 9.17. The summed E-state index contributed by atoms with van der Waals surface area (Å²) in [5.74, 6) is 0.0785. The normalized spacial score (nSPS) is 14.8. The van der Waals surface area contributed by atoms with E-state index in [0.29, 0.717) is 17.9 Å². The van der Waals surface area contributed by atoms with E-state index < -0.39 is 11.9 Å². The van der Waals surface area contributed by atoms with Crippen molar-refractivity contribution in [3.05, 3.63) is 35.3 Å². The van der Waals surface area contributed by atoms with Crippen LogP contribution in [0, 0.1) is 0 Å². The Kier molecular flexibility index (Phi) is 2.37. The first-order valence-electron chi connectivity index (χ1n) is 5.37. The molecule has 3 rings (SSSR count). The molecule has 1 aliphatic rings. The number of nitrogens with one attached hydrogen (secondary N) is 2. The molecule has 0 radical (unpaired) electrons. The number of aromatic amines is 1. The van der Waals surface area contributed by atoms with E-state index in [9.17, 15) is 13.2 Å². The molecule has 0 saturated heterocycles. The minimum absolute atomic E-state index is 0.0785. The maximum absolute atomic E-state index is 12.9. The lowest BCUT2D eigenvalue weighted by Crippen LogP contribution is -2.14. The van der Waals surface area contributed by atoms with Crippen molar-refractivity contribution in [3.63, 3.8) is 0 Å². The summed E-state index contributed by atoms with van der Waals surface area (Å²) in [6.45, 7) is 0.504. The molecule has 0 spiro atoms. The quantitative estimate of drug-likeness (QED) is 0.819. The molecule has 0 bridgehead atoms. The van der Waals surface area contributed by atoms with Gasteiger partial charge in [0.05, 0.1) is 11.4 Å². The molecule has 7 heteroatoms. The standard InChI is InChI=1S/C11H9F3N4/c12-11(13,14)9-6-4-15-5-8(6)17-10(18-9)7-2-1-3-16-7/h1-3,15-16H,4-5H2. The van der Waals surface area contributed by atoms with E-state index in [1.54, 1.807) is 18.3 Å². The largest absolute Gasteiger partial charge is 0.433 e. The van der Waals surface area contributed by atoms with Crippen LogP contribution in [0.15, 0.2) is 18.3 Å². The molecule has 0 unspecified atom stereocenters. The summed E-state index contributed by atoms with van der Waals surface area (Å²) in [4.78, 5) is 10.6. The number of fused-ring (bicyclic) bond motifs is 1. The van der Waals surface area contributed by atoms with Crippen LogP contribution in [-0.4, -0.2) is 15.0 Å². The van der Waals surface area contributed by atoms with Crippen LogP contribution in [0.1, 0.15) is 17.0 Å². The van der Waals surface area contributed by atoms with Crippen LogP contribution in [0.25, 0.3) is 11.5 Å². The molecule has 18 heavy (non-hydrogen) atoms. The zero-order chi connectivity index (χ0) is 12.8. The monoisotopic (exact) mass is 254 g/mol. The second kappa shape index (κ2) is 3.81. The van der Waals surface area contributed by atoms with Crippen molar-refractivity contribution in [3.8, 4) is 11.5 Å². The van der Waals surface area contributed by atoms with Crippen LogP contribution in [0.5, 0.6) is 0 Å². The SMILES string of the molecule is FC(F)(F)c1nc(-c2ccc[nH]2)nc2c1CNC2. The molecule has 4 nitrogen and oxygen atoms in total. The van der Waals surface area contributed by atoms with Crippen LogP contribution in [0.2, 0.25) is 0 Å². The highest BCUT2D eigenvalue weighted by Crippen LogP contribution is 2.34. The second-order valence-electron chi connectivity index (χ2n) is 4.01. The molecule has 2 aromatic rings. The first-order chi connectivity index (χ1) is 8.55. The lowest BCUT2D eigenvalue weighted by molar-refractivity contribution is -0.141. The van der Waals surface area contributed by atoms with Crippen molar-refractivity contribution in [1.29, 1.82) is 0 Å². The van der Waals surface area contributed by atoms with Gasteiger partial charge in [0, 0.05) is 24.8 Å². The Balaban J connectivity index is 2.20. The van der Waals surface area contributed by atoms with Gasteiger partial charge in [0.2, 0.25) is 0 Å². The second-order valence-corrected chi connectivity index (χ2v) is 4.01. The summed E-state index contributed by atoms with van der Waals surface area (Å²) in [5, 5.41) is 2.86. The zero-order valence-corrected chi connectivity index (χ0v) is 9.17. The van der Waals surface area contributed by atoms with Gasteiger partial charge in [0.15, 0.2) is 11.5 Å². The van der Waals surface area contributed by atoms with Gasteiger partial charge in [-0.15, -0.1) is 0 Å². The van der Waals surface area contributed by atoms with Gasteiger partial charge in [-0.2, -0.15) is 13.2 Å². The Hall–Kier alpha value is -1.89. The molecule has 94 valence electrons. The number of H-pyrrole nitrogens is 1. The molecule has 0 amide bonds. The topological polar surface area (TPSA) is 53.6 Å². The molecule has 0 atom stereocenters. The average molecular weight is 254 g/mol. The van der Waals surface area contributed by atoms with Crippen LogP contribution < -0.4 is 5.32 Å². The number of aromatic nitrogens is 3. The summed E-state index contributed by atoms with van der Waals surface area (Å²) < 4.78 is 38.8. The van der Waals surface area contributed by atoms with Crippen molar-refractivity contribution in [2.45, 2.75) is 19.3 Å². The number of nitrogens with zero attached hydrogens (tertiary/aromatic N) is 2. The van der Waals surface area contributed by atoms with E-state index in [2.05, 4.69) is 20.3 Å². The van der Waals surface area contributed by atoms with Crippen LogP contribution in [0.4, 0.5) is 13.2 Å². The Morgan fingerprint density at radius 2 is 2.00 bits per heavy atom. The summed E-state index contributed by atoms with van der Waals surface area (Å²) in [6, 6.07) is 3.34. The maximum atomic E-state index is 12.9. The smallest absolute Gasteiger partial charge is 0.359 e. The van der Waals surface area contributed by atoms with E-state index in [4.69, 9.17) is 0 Å². The van der Waals surface area contributed by atoms with Crippen LogP contribution >= 0.6 is 0 Å². The number of hydrogen-bond donors (Lipinski definition) is 2. The van der Waals surface area contributed by atoms with E-state index in [-0.39, 0.29) is 17.9 Å². The van der Waals surface area contributed by atoms with Gasteiger partial charge < -0.3 is 10.3 Å². The molecule has 0 fully saturated rings. The first-order valence-corrected chi connectivity index (χ1v) is 5.37. The van der Waals surface area contributed by atoms with E-state index in [0.717, 1.165) is 0 Å². The highest BCUT2D eigenvalue weighted by molar-refractivity contribution is 5.51. The molecule has 1 aliphatic heterocycles. The van der Waals surface area contributed by atoms with Gasteiger partial charge in [-0.05, 0) is 12.1 Å². The van der Waals surface area contributed by atoms with Gasteiger partial charge in [0.1, 0.15) is 0 Å². The van der Waals surface area contributed by atoms with Crippen molar-refractivity contribution in [2.24, 2.45) is 0 Å². The van der Waals surface area contributed by atoms with Crippen molar-refractivity contribution < 1.29 is 13.2 Å². The summed E-state index contributed by atoms with van der Waals surface area (Å²) in [5.41, 5.74) is 0.206. The van der Waals surface area contributed by atoms with Gasteiger partial charge in [0.25, 0.3) is 0 Å². The molecule has 0 aliphatic carbocycles. The van der Waals surface area contributed by atoms with Gasteiger partial charge in [-0.1, -0.05) is 0 Å². The summed E-state index contributed by atoms with van der Waals surface area (Å²) in [7, 11) is 0. The minimum Gasteiger partial charge on any atom is -0.359 e. The molecule has 3 heterocycles. The molecular formula is C11H9F3N4. The van der Waals surface area contributed by atoms with Crippen molar-refractivity contribution in [1.82, 2.24) is 20.3 Å². The Labute approximate surface area is 100 Å². The van der Waals surface area contributed by atoms with Crippen molar-refractivity contribution in [2.75, 3.05) is 0 Å². The van der Waals surface area contributed by atoms with E-state index in [1.165, 1.54) is 0 Å². The highest BCUT2D eigenvalue weighted by Gasteiger charge is 2.38. The third-order valence-corrected chi connectivity index (χ3v) is 2.79. The third-order valence-electron chi connectivity index (χ3n) is 2.79. The van der Waals surface area contributed by atoms with Gasteiger partial charge >= 0.3 is 6.18 Å². The number of halogens is 3. The molecule has 2 N–H and O–H groups in total. The molecule has 0 saturated carbocycles. The number of hydrogen-bond acceptors (Lipinski definition) is 3. The summed E-state index contributed by atoms with van der Waals surface area (Å²) in [6.07, 6.45) is -2.84. The fourth-order valence-electron chi connectivity index (χ4n) is 1.99. The van der Waals surface area contributed by atoms with Gasteiger partial charge in [-0.3, -0.25) is 0 Å². The highest BCUT2D eigenvalue weighted by atomic mass is 19.4. The van der Waals surface area contributed by atoms with E-state index in [1.807, 2.05) is 0 Å². The molecule has 0 aromatic carbocycles. The van der Waals surface area contributed by atoms with Crippen LogP contribution in [-0.2, 0) is 19.3 Å². The number of alkyl halides is 3. The Morgan fingerprint density at radius 3 is 2.67 bits per heavy atom. The van der Waals surface area contributed by atoms with Crippen LogP contribution in [0.3, 0.4) is 0 Å². The summed E-state index contributed by atoms with van der Waals surface area (Å²) >= 11 is 0. The average Bonchev–Trinajstić information content (AvgIpc) is 2.97. The van der Waals surface area contributed by atoms with Crippen molar-refractivity contribution >= 4 is 0 Å². The Bertz CT molecular complexity index is 575. The lowest BCUT2D eigenvalue weighted by Gasteiger charge is -2.11. The number of rotatable bonds is 1. The fourth-order valence-corrected chi connectivity index (χ4v) is 1.99.